The van der Waals surface area contributed by atoms with Crippen molar-refractivity contribution in [2.75, 3.05) is 26.7 Å². The number of pyridine rings is 1. The quantitative estimate of drug-likeness (QED) is 0.247. The Morgan fingerprint density at radius 1 is 1.15 bits per heavy atom. The summed E-state index contributed by atoms with van der Waals surface area (Å²) in [5, 5.41) is 21.5. The number of methoxy groups -OCH3 is 1. The van der Waals surface area contributed by atoms with Gasteiger partial charge >= 0.3 is 12.1 Å². The summed E-state index contributed by atoms with van der Waals surface area (Å²) in [7, 11) is 1.60. The van der Waals surface area contributed by atoms with Gasteiger partial charge in [-0.2, -0.15) is 13.2 Å². The molecule has 4 rings (SSSR count). The van der Waals surface area contributed by atoms with E-state index in [0.717, 1.165) is 61.3 Å². The Morgan fingerprint density at radius 2 is 1.98 bits per heavy atom. The lowest BCUT2D eigenvalue weighted by Crippen LogP contribution is -2.41. The maximum atomic E-state index is 13.0. The molecule has 2 N–H and O–H groups in total. The number of benzene rings is 2. The van der Waals surface area contributed by atoms with E-state index in [-0.39, 0.29) is 18.3 Å². The molecule has 2 aromatic carbocycles. The van der Waals surface area contributed by atoms with E-state index < -0.39 is 23.8 Å². The lowest BCUT2D eigenvalue weighted by Gasteiger charge is -2.38. The van der Waals surface area contributed by atoms with Crippen LogP contribution in [0.15, 0.2) is 54.7 Å². The van der Waals surface area contributed by atoms with Crippen LogP contribution in [0.2, 0.25) is 0 Å². The van der Waals surface area contributed by atoms with E-state index in [0.29, 0.717) is 30.7 Å². The Morgan fingerprint density at radius 3 is 2.73 bits per heavy atom. The standard InChI is InChI=1S/C31H37F3N2O4/c1-40-25-9-10-28-27(19-25)26(12-14-35-28)29(37)11-8-22-13-16-36(20-23(22)18-30(38)39)15-3-2-5-21-6-4-7-24(17-21)31(32,33)34/h4,6-7,9-10,12,14,17,19,22-23,29,37H,2-3,5,8,11,13,15-16,18,20H2,1H3,(H,38,39)/t22-,23+,29+/m1/s1. The van der Waals surface area contributed by atoms with Crippen molar-refractivity contribution in [1.82, 2.24) is 9.88 Å². The van der Waals surface area contributed by atoms with E-state index in [1.165, 1.54) is 12.1 Å². The first kappa shape index (κ1) is 29.8. The van der Waals surface area contributed by atoms with Crippen LogP contribution >= 0.6 is 0 Å². The van der Waals surface area contributed by atoms with E-state index in [2.05, 4.69) is 9.88 Å². The molecule has 0 unspecified atom stereocenters. The number of rotatable bonds is 12. The van der Waals surface area contributed by atoms with Gasteiger partial charge in [-0.15, -0.1) is 0 Å². The largest absolute Gasteiger partial charge is 0.497 e. The molecule has 0 saturated carbocycles. The fourth-order valence-electron chi connectivity index (χ4n) is 5.85. The summed E-state index contributed by atoms with van der Waals surface area (Å²) in [4.78, 5) is 18.3. The minimum Gasteiger partial charge on any atom is -0.497 e. The van der Waals surface area contributed by atoms with Crippen molar-refractivity contribution < 1.29 is 32.9 Å². The topological polar surface area (TPSA) is 82.9 Å². The number of carboxylic acid groups (broad SMARTS) is 1. The van der Waals surface area contributed by atoms with Gasteiger partial charge in [0, 0.05) is 24.5 Å². The molecule has 2 heterocycles. The number of likely N-dealkylation sites (tertiary alicyclic amines) is 1. The number of piperidine rings is 1. The van der Waals surface area contributed by atoms with Crippen molar-refractivity contribution in [3.05, 3.63) is 71.4 Å². The Bertz CT molecular complexity index is 1280. The first-order valence-electron chi connectivity index (χ1n) is 13.8. The number of carboxylic acids is 1. The van der Waals surface area contributed by atoms with E-state index in [9.17, 15) is 28.2 Å². The number of alkyl halides is 3. The summed E-state index contributed by atoms with van der Waals surface area (Å²) >= 11 is 0. The number of nitrogens with zero attached hydrogens (tertiary/aromatic N) is 2. The van der Waals surface area contributed by atoms with Crippen LogP contribution in [-0.2, 0) is 17.4 Å². The molecule has 1 aliphatic rings. The van der Waals surface area contributed by atoms with E-state index in [4.69, 9.17) is 4.74 Å². The molecule has 0 bridgehead atoms. The highest BCUT2D eigenvalue weighted by molar-refractivity contribution is 5.83. The van der Waals surface area contributed by atoms with Crippen LogP contribution in [0.3, 0.4) is 0 Å². The number of aliphatic carboxylic acids is 1. The van der Waals surface area contributed by atoms with Gasteiger partial charge in [0.15, 0.2) is 0 Å². The predicted molar refractivity (Wildman–Crippen MR) is 147 cm³/mol. The van der Waals surface area contributed by atoms with Crippen LogP contribution < -0.4 is 4.74 Å². The van der Waals surface area contributed by atoms with Crippen molar-refractivity contribution in [3.8, 4) is 5.75 Å². The van der Waals surface area contributed by atoms with Gasteiger partial charge in [0.2, 0.25) is 0 Å². The van der Waals surface area contributed by atoms with Gasteiger partial charge in [-0.05, 0) is 105 Å². The number of hydrogen-bond acceptors (Lipinski definition) is 5. The Kier molecular flexibility index (Phi) is 10.0. The summed E-state index contributed by atoms with van der Waals surface area (Å²) in [5.41, 5.74) is 1.63. The Hall–Kier alpha value is -3.17. The second-order valence-electron chi connectivity index (χ2n) is 10.7. The highest BCUT2D eigenvalue weighted by atomic mass is 19.4. The van der Waals surface area contributed by atoms with Gasteiger partial charge < -0.3 is 19.8 Å². The van der Waals surface area contributed by atoms with Crippen LogP contribution in [0.4, 0.5) is 13.2 Å². The molecule has 40 heavy (non-hydrogen) atoms. The van der Waals surface area contributed by atoms with Crippen LogP contribution in [-0.4, -0.2) is 52.8 Å². The van der Waals surface area contributed by atoms with Crippen molar-refractivity contribution in [3.63, 3.8) is 0 Å². The maximum Gasteiger partial charge on any atom is 0.416 e. The van der Waals surface area contributed by atoms with Crippen LogP contribution in [0.1, 0.15) is 61.3 Å². The number of aliphatic hydroxyl groups is 1. The number of halogens is 3. The number of aliphatic hydroxyl groups excluding tert-OH is 1. The Labute approximate surface area is 232 Å². The third-order valence-corrected chi connectivity index (χ3v) is 8.01. The van der Waals surface area contributed by atoms with Crippen molar-refractivity contribution in [2.45, 2.75) is 57.2 Å². The minimum absolute atomic E-state index is 0.0174. The van der Waals surface area contributed by atoms with Crippen molar-refractivity contribution in [2.24, 2.45) is 11.8 Å². The monoisotopic (exact) mass is 558 g/mol. The Balaban J connectivity index is 1.29. The smallest absolute Gasteiger partial charge is 0.416 e. The first-order valence-corrected chi connectivity index (χ1v) is 13.8. The summed E-state index contributed by atoms with van der Waals surface area (Å²) in [5.74, 6) is 0.0396. The summed E-state index contributed by atoms with van der Waals surface area (Å²) in [6.07, 6.45) is 0.995. The fraction of sp³-hybridized carbons (Fsp3) is 0.484. The SMILES string of the molecule is COc1ccc2nccc([C@@H](O)CC[C@@H]3CCN(CCCCc4cccc(C(F)(F)F)c4)C[C@@H]3CC(=O)O)c2c1. The molecule has 3 aromatic rings. The summed E-state index contributed by atoms with van der Waals surface area (Å²) < 4.78 is 44.2. The lowest BCUT2D eigenvalue weighted by molar-refractivity contribution is -0.139. The first-order chi connectivity index (χ1) is 19.1. The third-order valence-electron chi connectivity index (χ3n) is 8.01. The average molecular weight is 559 g/mol. The van der Waals surface area contributed by atoms with Crippen LogP contribution in [0.25, 0.3) is 10.9 Å². The van der Waals surface area contributed by atoms with Gasteiger partial charge in [-0.1, -0.05) is 18.2 Å². The number of hydrogen-bond donors (Lipinski definition) is 2. The number of fused-ring (bicyclic) bond motifs is 1. The molecule has 3 atom stereocenters. The molecule has 0 amide bonds. The lowest BCUT2D eigenvalue weighted by atomic mass is 9.79. The molecule has 1 aliphatic heterocycles. The summed E-state index contributed by atoms with van der Waals surface area (Å²) in [6.45, 7) is 2.30. The van der Waals surface area contributed by atoms with Gasteiger partial charge in [0.25, 0.3) is 0 Å². The predicted octanol–water partition coefficient (Wildman–Crippen LogP) is 6.51. The molecule has 0 radical (unpaired) electrons. The normalized spacial score (nSPS) is 19.0. The number of unbranched alkanes of at least 4 members (excludes halogenated alkanes) is 1. The van der Waals surface area contributed by atoms with E-state index >= 15 is 0 Å². The molecular weight excluding hydrogens is 521 g/mol. The molecule has 6 nitrogen and oxygen atoms in total. The van der Waals surface area contributed by atoms with Crippen LogP contribution in [0, 0.1) is 11.8 Å². The van der Waals surface area contributed by atoms with Crippen molar-refractivity contribution >= 4 is 16.9 Å². The third kappa shape index (κ3) is 7.95. The highest BCUT2D eigenvalue weighted by Gasteiger charge is 2.32. The number of carbonyl (C=O) groups is 1. The zero-order valence-electron chi connectivity index (χ0n) is 22.7. The molecule has 1 saturated heterocycles. The second-order valence-corrected chi connectivity index (χ2v) is 10.7. The molecule has 0 aliphatic carbocycles. The van der Waals surface area contributed by atoms with Gasteiger partial charge in [0.1, 0.15) is 5.75 Å². The number of aromatic nitrogens is 1. The molecule has 1 fully saturated rings. The molecule has 1 aromatic heterocycles. The number of aryl methyl sites for hydroxylation is 1. The van der Waals surface area contributed by atoms with Crippen LogP contribution in [0.5, 0.6) is 5.75 Å². The van der Waals surface area contributed by atoms with E-state index in [1.807, 2.05) is 24.3 Å². The van der Waals surface area contributed by atoms with Gasteiger partial charge in [-0.3, -0.25) is 9.78 Å². The number of ether oxygens (including phenoxy) is 1. The zero-order valence-corrected chi connectivity index (χ0v) is 22.7. The fourth-order valence-corrected chi connectivity index (χ4v) is 5.85. The minimum atomic E-state index is -4.34. The molecule has 0 spiro atoms. The average Bonchev–Trinajstić information content (AvgIpc) is 2.93. The maximum absolute atomic E-state index is 13.0. The van der Waals surface area contributed by atoms with Gasteiger partial charge in [-0.25, -0.2) is 0 Å². The highest BCUT2D eigenvalue weighted by Crippen LogP contribution is 2.35. The summed E-state index contributed by atoms with van der Waals surface area (Å²) in [6, 6.07) is 12.9. The zero-order chi connectivity index (χ0) is 28.7. The van der Waals surface area contributed by atoms with Crippen molar-refractivity contribution in [1.29, 1.82) is 0 Å². The molecule has 216 valence electrons. The second kappa shape index (κ2) is 13.5. The molecule has 9 heteroatoms. The molecular formula is C31H37F3N2O4. The van der Waals surface area contributed by atoms with E-state index in [1.54, 1.807) is 19.4 Å². The van der Waals surface area contributed by atoms with Gasteiger partial charge in [0.05, 0.1) is 24.3 Å².